The number of nitrogens with one attached hydrogen (secondary N) is 1. The van der Waals surface area contributed by atoms with Crippen molar-refractivity contribution >= 4 is 24.3 Å². The fourth-order valence-corrected chi connectivity index (χ4v) is 1.82. The standard InChI is InChI=1S/C17H18N2O3.ClH/c1-17(2,19-15(20)13-8-10-18-11-9-13)12-22-16(21)14-6-4-3-5-7-14;/h3-11H,12H2,1-2H3,(H,19,20);1H. The summed E-state index contributed by atoms with van der Waals surface area (Å²) in [4.78, 5) is 27.9. The van der Waals surface area contributed by atoms with E-state index in [9.17, 15) is 9.59 Å². The van der Waals surface area contributed by atoms with E-state index in [0.29, 0.717) is 11.1 Å². The molecule has 0 radical (unpaired) electrons. The highest BCUT2D eigenvalue weighted by atomic mass is 35.5. The van der Waals surface area contributed by atoms with E-state index in [-0.39, 0.29) is 24.9 Å². The van der Waals surface area contributed by atoms with Crippen molar-refractivity contribution in [3.63, 3.8) is 0 Å². The number of aromatic nitrogens is 1. The van der Waals surface area contributed by atoms with Crippen LogP contribution in [0.4, 0.5) is 0 Å². The summed E-state index contributed by atoms with van der Waals surface area (Å²) in [6, 6.07) is 12.0. The molecule has 1 aromatic heterocycles. The molecule has 2 rings (SSSR count). The highest BCUT2D eigenvalue weighted by molar-refractivity contribution is 5.94. The maximum atomic E-state index is 12.1. The Morgan fingerprint density at radius 1 is 1.04 bits per heavy atom. The zero-order valence-electron chi connectivity index (χ0n) is 13.0. The number of carbonyl (C=O) groups is 2. The van der Waals surface area contributed by atoms with Crippen LogP contribution in [0.5, 0.6) is 0 Å². The first-order valence-corrected chi connectivity index (χ1v) is 6.93. The van der Waals surface area contributed by atoms with Crippen molar-refractivity contribution in [2.75, 3.05) is 6.61 Å². The summed E-state index contributed by atoms with van der Waals surface area (Å²) in [5.74, 6) is -0.644. The van der Waals surface area contributed by atoms with Gasteiger partial charge in [0.2, 0.25) is 0 Å². The molecule has 5 nitrogen and oxygen atoms in total. The molecule has 122 valence electrons. The highest BCUT2D eigenvalue weighted by Crippen LogP contribution is 2.08. The Hall–Kier alpha value is -2.40. The van der Waals surface area contributed by atoms with Crippen LogP contribution in [0.3, 0.4) is 0 Å². The monoisotopic (exact) mass is 334 g/mol. The largest absolute Gasteiger partial charge is 0.460 e. The van der Waals surface area contributed by atoms with Crippen molar-refractivity contribution in [2.24, 2.45) is 0 Å². The number of rotatable bonds is 5. The third kappa shape index (κ3) is 5.71. The molecule has 1 aromatic carbocycles. The zero-order valence-corrected chi connectivity index (χ0v) is 13.8. The normalized spacial score (nSPS) is 10.3. The van der Waals surface area contributed by atoms with Gasteiger partial charge in [-0.15, -0.1) is 12.4 Å². The summed E-state index contributed by atoms with van der Waals surface area (Å²) >= 11 is 0. The third-order valence-corrected chi connectivity index (χ3v) is 2.97. The smallest absolute Gasteiger partial charge is 0.338 e. The Labute approximate surface area is 141 Å². The van der Waals surface area contributed by atoms with Crippen LogP contribution in [-0.2, 0) is 4.74 Å². The Bertz CT molecular complexity index is 645. The molecule has 1 N–H and O–H groups in total. The highest BCUT2D eigenvalue weighted by Gasteiger charge is 2.23. The maximum absolute atomic E-state index is 12.1. The summed E-state index contributed by atoms with van der Waals surface area (Å²) in [5.41, 5.74) is 0.321. The van der Waals surface area contributed by atoms with Crippen LogP contribution < -0.4 is 5.32 Å². The van der Waals surface area contributed by atoms with E-state index >= 15 is 0 Å². The first kappa shape index (κ1) is 18.6. The number of esters is 1. The van der Waals surface area contributed by atoms with Gasteiger partial charge in [-0.05, 0) is 38.1 Å². The van der Waals surface area contributed by atoms with Crippen molar-refractivity contribution < 1.29 is 14.3 Å². The lowest BCUT2D eigenvalue weighted by atomic mass is 10.1. The zero-order chi connectivity index (χ0) is 16.0. The van der Waals surface area contributed by atoms with Gasteiger partial charge in [0.15, 0.2) is 0 Å². The average Bonchev–Trinajstić information content (AvgIpc) is 2.54. The number of ether oxygens (including phenoxy) is 1. The molecule has 0 aliphatic carbocycles. The minimum atomic E-state index is -0.676. The number of pyridine rings is 1. The van der Waals surface area contributed by atoms with E-state index in [4.69, 9.17) is 4.74 Å². The number of hydrogen-bond acceptors (Lipinski definition) is 4. The van der Waals surface area contributed by atoms with E-state index in [1.165, 1.54) is 0 Å². The fourth-order valence-electron chi connectivity index (χ4n) is 1.82. The third-order valence-electron chi connectivity index (χ3n) is 2.97. The lowest BCUT2D eigenvalue weighted by molar-refractivity contribution is 0.0390. The second-order valence-corrected chi connectivity index (χ2v) is 5.52. The predicted molar refractivity (Wildman–Crippen MR) is 89.8 cm³/mol. The molecular formula is C17H19ClN2O3. The summed E-state index contributed by atoms with van der Waals surface area (Å²) in [5, 5.41) is 2.84. The molecule has 1 heterocycles. The Kier molecular flexibility index (Phi) is 6.72. The van der Waals surface area contributed by atoms with Crippen LogP contribution >= 0.6 is 12.4 Å². The maximum Gasteiger partial charge on any atom is 0.338 e. The van der Waals surface area contributed by atoms with Gasteiger partial charge in [0.25, 0.3) is 5.91 Å². The number of halogens is 1. The van der Waals surface area contributed by atoms with E-state index in [2.05, 4.69) is 10.3 Å². The lowest BCUT2D eigenvalue weighted by Gasteiger charge is -2.25. The lowest BCUT2D eigenvalue weighted by Crippen LogP contribution is -2.47. The van der Waals surface area contributed by atoms with Crippen LogP contribution in [-0.4, -0.2) is 29.0 Å². The molecule has 0 bridgehead atoms. The van der Waals surface area contributed by atoms with Gasteiger partial charge < -0.3 is 10.1 Å². The van der Waals surface area contributed by atoms with Gasteiger partial charge in [0.05, 0.1) is 11.1 Å². The molecule has 0 aliphatic rings. The summed E-state index contributed by atoms with van der Waals surface area (Å²) in [6.07, 6.45) is 3.11. The van der Waals surface area contributed by atoms with Gasteiger partial charge in [-0.1, -0.05) is 18.2 Å². The van der Waals surface area contributed by atoms with Crippen molar-refractivity contribution in [3.8, 4) is 0 Å². The minimum absolute atomic E-state index is 0. The molecule has 0 spiro atoms. The van der Waals surface area contributed by atoms with Crippen LogP contribution in [0.2, 0.25) is 0 Å². The summed E-state index contributed by atoms with van der Waals surface area (Å²) in [6.45, 7) is 3.67. The topological polar surface area (TPSA) is 68.3 Å². The van der Waals surface area contributed by atoms with Crippen LogP contribution in [0.15, 0.2) is 54.9 Å². The predicted octanol–water partition coefficient (Wildman–Crippen LogP) is 2.87. The molecule has 0 unspecified atom stereocenters. The summed E-state index contributed by atoms with van der Waals surface area (Å²) < 4.78 is 5.26. The van der Waals surface area contributed by atoms with Gasteiger partial charge >= 0.3 is 5.97 Å². The molecule has 0 saturated heterocycles. The number of amides is 1. The molecule has 0 fully saturated rings. The van der Waals surface area contributed by atoms with E-state index in [1.54, 1.807) is 62.6 Å². The van der Waals surface area contributed by atoms with E-state index in [1.807, 2.05) is 6.07 Å². The van der Waals surface area contributed by atoms with Gasteiger partial charge in [0.1, 0.15) is 6.61 Å². The molecule has 6 heteroatoms. The van der Waals surface area contributed by atoms with Crippen LogP contribution in [0.25, 0.3) is 0 Å². The SMILES string of the molecule is CC(C)(COC(=O)c1ccccc1)NC(=O)c1ccncc1.Cl. The van der Waals surface area contributed by atoms with Crippen LogP contribution in [0, 0.1) is 0 Å². The first-order chi connectivity index (χ1) is 10.5. The van der Waals surface area contributed by atoms with Crippen molar-refractivity contribution in [3.05, 3.63) is 66.0 Å². The van der Waals surface area contributed by atoms with E-state index in [0.717, 1.165) is 0 Å². The Morgan fingerprint density at radius 2 is 1.65 bits per heavy atom. The summed E-state index contributed by atoms with van der Waals surface area (Å²) in [7, 11) is 0. The molecule has 23 heavy (non-hydrogen) atoms. The van der Waals surface area contributed by atoms with Gasteiger partial charge in [0, 0.05) is 18.0 Å². The molecule has 0 atom stereocenters. The number of nitrogens with zero attached hydrogens (tertiary/aromatic N) is 1. The molecule has 2 aromatic rings. The van der Waals surface area contributed by atoms with Gasteiger partial charge in [-0.3, -0.25) is 9.78 Å². The van der Waals surface area contributed by atoms with Gasteiger partial charge in [-0.25, -0.2) is 4.79 Å². The Morgan fingerprint density at radius 3 is 2.26 bits per heavy atom. The first-order valence-electron chi connectivity index (χ1n) is 6.93. The molecule has 0 saturated carbocycles. The van der Waals surface area contributed by atoms with E-state index < -0.39 is 11.5 Å². The van der Waals surface area contributed by atoms with Gasteiger partial charge in [-0.2, -0.15) is 0 Å². The second kappa shape index (κ2) is 8.29. The number of benzene rings is 1. The number of carbonyl (C=O) groups excluding carboxylic acids is 2. The van der Waals surface area contributed by atoms with Crippen molar-refractivity contribution in [1.82, 2.24) is 10.3 Å². The molecular weight excluding hydrogens is 316 g/mol. The minimum Gasteiger partial charge on any atom is -0.460 e. The van der Waals surface area contributed by atoms with Crippen molar-refractivity contribution in [1.29, 1.82) is 0 Å². The van der Waals surface area contributed by atoms with Crippen molar-refractivity contribution in [2.45, 2.75) is 19.4 Å². The average molecular weight is 335 g/mol. The quantitative estimate of drug-likeness (QED) is 0.854. The molecule has 1 amide bonds. The Balaban J connectivity index is 0.00000264. The fraction of sp³-hybridized carbons (Fsp3) is 0.235. The number of hydrogen-bond donors (Lipinski definition) is 1. The molecule has 0 aliphatic heterocycles. The van der Waals surface area contributed by atoms with Crippen LogP contribution in [0.1, 0.15) is 34.6 Å². The second-order valence-electron chi connectivity index (χ2n) is 5.52.